The maximum atomic E-state index is 13.5. The summed E-state index contributed by atoms with van der Waals surface area (Å²) >= 11 is 1.73. The summed E-state index contributed by atoms with van der Waals surface area (Å²) in [7, 11) is 0. The van der Waals surface area contributed by atoms with E-state index in [-0.39, 0.29) is 24.5 Å². The van der Waals surface area contributed by atoms with Crippen LogP contribution in [0.25, 0.3) is 0 Å². The Morgan fingerprint density at radius 3 is 2.66 bits per heavy atom. The van der Waals surface area contributed by atoms with Crippen molar-refractivity contribution >= 4 is 23.3 Å². The zero-order valence-electron chi connectivity index (χ0n) is 20.0. The van der Waals surface area contributed by atoms with E-state index in [0.29, 0.717) is 19.7 Å². The van der Waals surface area contributed by atoms with Gasteiger partial charge in [0.15, 0.2) is 0 Å². The quantitative estimate of drug-likeness (QED) is 0.684. The fraction of sp³-hybridized carbons (Fsp3) is 0.520. The van der Waals surface area contributed by atoms with Gasteiger partial charge in [0.25, 0.3) is 0 Å². The van der Waals surface area contributed by atoms with E-state index >= 15 is 0 Å². The summed E-state index contributed by atoms with van der Waals surface area (Å²) in [6, 6.07) is 7.84. The highest BCUT2D eigenvalue weighted by atomic mass is 32.1. The first-order valence-corrected chi connectivity index (χ1v) is 12.1. The van der Waals surface area contributed by atoms with Crippen molar-refractivity contribution in [1.82, 2.24) is 15.1 Å². The molecule has 3 amide bonds. The van der Waals surface area contributed by atoms with E-state index in [1.54, 1.807) is 16.2 Å². The van der Waals surface area contributed by atoms with Gasteiger partial charge in [0.05, 0.1) is 6.04 Å². The van der Waals surface area contributed by atoms with E-state index in [4.69, 9.17) is 4.74 Å². The van der Waals surface area contributed by atoms with Gasteiger partial charge < -0.3 is 19.9 Å². The SMILES string of the molecule is CCNC(=O)N(CC(=O)N1CCc2sccc2[C@H]1COc1ccc(C)cc1C)C(C)(C)C. The Kier molecular flexibility index (Phi) is 7.49. The lowest BCUT2D eigenvalue weighted by atomic mass is 10.00. The molecule has 2 aromatic rings. The van der Waals surface area contributed by atoms with Crippen LogP contribution in [0.2, 0.25) is 0 Å². The molecule has 1 aromatic carbocycles. The van der Waals surface area contributed by atoms with Crippen molar-refractivity contribution in [2.24, 2.45) is 0 Å². The molecule has 0 saturated carbocycles. The number of thiophene rings is 1. The highest BCUT2D eigenvalue weighted by molar-refractivity contribution is 7.10. The number of urea groups is 1. The number of carbonyl (C=O) groups is 2. The zero-order chi connectivity index (χ0) is 23.5. The minimum Gasteiger partial charge on any atom is -0.491 e. The van der Waals surface area contributed by atoms with Crippen molar-refractivity contribution in [3.05, 3.63) is 51.2 Å². The van der Waals surface area contributed by atoms with Crippen LogP contribution >= 0.6 is 11.3 Å². The molecule has 1 aromatic heterocycles. The number of nitrogens with one attached hydrogen (secondary N) is 1. The maximum Gasteiger partial charge on any atom is 0.318 e. The average molecular weight is 458 g/mol. The number of benzene rings is 1. The molecule has 3 rings (SSSR count). The van der Waals surface area contributed by atoms with Gasteiger partial charge in [-0.15, -0.1) is 11.3 Å². The number of ether oxygens (including phenoxy) is 1. The van der Waals surface area contributed by atoms with Crippen LogP contribution in [0.4, 0.5) is 4.79 Å². The van der Waals surface area contributed by atoms with Crippen LogP contribution in [0.15, 0.2) is 29.6 Å². The number of rotatable bonds is 6. The molecule has 174 valence electrons. The van der Waals surface area contributed by atoms with Crippen LogP contribution in [0.5, 0.6) is 5.75 Å². The van der Waals surface area contributed by atoms with Crippen LogP contribution in [-0.2, 0) is 11.2 Å². The van der Waals surface area contributed by atoms with E-state index in [0.717, 1.165) is 23.3 Å². The Bertz CT molecular complexity index is 964. The Hall–Kier alpha value is -2.54. The normalized spacial score (nSPS) is 15.8. The Labute approximate surface area is 195 Å². The summed E-state index contributed by atoms with van der Waals surface area (Å²) in [6.07, 6.45) is 0.829. The third kappa shape index (κ3) is 5.44. The molecule has 0 fully saturated rings. The van der Waals surface area contributed by atoms with Crippen LogP contribution in [0.3, 0.4) is 0 Å². The molecule has 32 heavy (non-hydrogen) atoms. The zero-order valence-corrected chi connectivity index (χ0v) is 20.8. The van der Waals surface area contributed by atoms with Gasteiger partial charge in [-0.3, -0.25) is 4.79 Å². The van der Waals surface area contributed by atoms with E-state index < -0.39 is 5.54 Å². The number of amides is 3. The first-order chi connectivity index (χ1) is 15.1. The second-order valence-corrected chi connectivity index (χ2v) is 10.3. The second kappa shape index (κ2) is 9.94. The molecule has 0 radical (unpaired) electrons. The van der Waals surface area contributed by atoms with Crippen LogP contribution in [-0.4, -0.2) is 53.5 Å². The minimum absolute atomic E-state index is 0.0366. The third-order valence-corrected chi connectivity index (χ3v) is 6.82. The summed E-state index contributed by atoms with van der Waals surface area (Å²) in [6.45, 7) is 13.4. The molecular weight excluding hydrogens is 422 g/mol. The number of hydrogen-bond acceptors (Lipinski definition) is 4. The lowest BCUT2D eigenvalue weighted by molar-refractivity contribution is -0.136. The Morgan fingerprint density at radius 1 is 1.25 bits per heavy atom. The summed E-state index contributed by atoms with van der Waals surface area (Å²) in [5.74, 6) is 0.779. The lowest BCUT2D eigenvalue weighted by Crippen LogP contribution is -2.55. The van der Waals surface area contributed by atoms with E-state index in [1.165, 1.54) is 10.4 Å². The molecule has 0 unspecified atom stereocenters. The third-order valence-electron chi connectivity index (χ3n) is 5.82. The molecule has 2 heterocycles. The van der Waals surface area contributed by atoms with Crippen molar-refractivity contribution in [2.75, 3.05) is 26.2 Å². The summed E-state index contributed by atoms with van der Waals surface area (Å²) in [4.78, 5) is 30.9. The first-order valence-electron chi connectivity index (χ1n) is 11.2. The number of carbonyl (C=O) groups excluding carboxylic acids is 2. The maximum absolute atomic E-state index is 13.5. The van der Waals surface area contributed by atoms with E-state index in [2.05, 4.69) is 29.8 Å². The first kappa shape index (κ1) is 24.1. The number of hydrogen-bond donors (Lipinski definition) is 1. The molecular formula is C25H35N3O3S. The monoisotopic (exact) mass is 457 g/mol. The van der Waals surface area contributed by atoms with Crippen molar-refractivity contribution in [3.8, 4) is 5.75 Å². The Morgan fingerprint density at radius 2 is 2.00 bits per heavy atom. The molecule has 1 aliphatic heterocycles. The molecule has 1 N–H and O–H groups in total. The van der Waals surface area contributed by atoms with Gasteiger partial charge in [0.2, 0.25) is 5.91 Å². The molecule has 0 saturated heterocycles. The molecule has 0 spiro atoms. The van der Waals surface area contributed by atoms with E-state index in [9.17, 15) is 9.59 Å². The highest BCUT2D eigenvalue weighted by Gasteiger charge is 2.35. The van der Waals surface area contributed by atoms with Gasteiger partial charge in [-0.2, -0.15) is 0 Å². The number of nitrogens with zero attached hydrogens (tertiary/aromatic N) is 2. The summed E-state index contributed by atoms with van der Waals surface area (Å²) in [5, 5.41) is 4.92. The van der Waals surface area contributed by atoms with Crippen LogP contribution in [0, 0.1) is 13.8 Å². The van der Waals surface area contributed by atoms with E-state index in [1.807, 2.05) is 51.7 Å². The smallest absolute Gasteiger partial charge is 0.318 e. The van der Waals surface area contributed by atoms with Gasteiger partial charge in [-0.25, -0.2) is 4.79 Å². The second-order valence-electron chi connectivity index (χ2n) is 9.32. The molecule has 6 nitrogen and oxygen atoms in total. The summed E-state index contributed by atoms with van der Waals surface area (Å²) < 4.78 is 6.21. The van der Waals surface area contributed by atoms with Crippen LogP contribution < -0.4 is 10.1 Å². The Balaban J connectivity index is 1.81. The average Bonchev–Trinajstić information content (AvgIpc) is 3.19. The fourth-order valence-corrected chi connectivity index (χ4v) is 5.02. The minimum atomic E-state index is -0.469. The fourth-order valence-electron chi connectivity index (χ4n) is 4.09. The predicted molar refractivity (Wildman–Crippen MR) is 129 cm³/mol. The lowest BCUT2D eigenvalue weighted by Gasteiger charge is -2.40. The molecule has 0 bridgehead atoms. The van der Waals surface area contributed by atoms with Crippen molar-refractivity contribution in [2.45, 2.75) is 59.5 Å². The molecule has 0 aliphatic carbocycles. The molecule has 1 atom stereocenters. The number of aryl methyl sites for hydroxylation is 2. The molecule has 7 heteroatoms. The van der Waals surface area contributed by atoms with Gasteiger partial charge >= 0.3 is 6.03 Å². The van der Waals surface area contributed by atoms with Crippen molar-refractivity contribution in [1.29, 1.82) is 0 Å². The highest BCUT2D eigenvalue weighted by Crippen LogP contribution is 2.34. The van der Waals surface area contributed by atoms with Crippen molar-refractivity contribution in [3.63, 3.8) is 0 Å². The van der Waals surface area contributed by atoms with Gasteiger partial charge in [0.1, 0.15) is 18.9 Å². The van der Waals surface area contributed by atoms with Crippen molar-refractivity contribution < 1.29 is 14.3 Å². The topological polar surface area (TPSA) is 61.9 Å². The van der Waals surface area contributed by atoms with Gasteiger partial charge in [0, 0.05) is 23.5 Å². The number of fused-ring (bicyclic) bond motifs is 1. The predicted octanol–water partition coefficient (Wildman–Crippen LogP) is 4.70. The van der Waals surface area contributed by atoms with Gasteiger partial charge in [-0.1, -0.05) is 17.7 Å². The van der Waals surface area contributed by atoms with Crippen LogP contribution in [0.1, 0.15) is 55.3 Å². The standard InChI is InChI=1S/C25H35N3O3S/c1-7-26-24(30)28(25(4,5)6)15-23(29)27-12-10-22-19(11-13-32-22)20(27)16-31-21-9-8-17(2)14-18(21)3/h8-9,11,13-14,20H,7,10,12,15-16H2,1-6H3,(H,26,30)/t20-/m1/s1. The largest absolute Gasteiger partial charge is 0.491 e. The van der Waals surface area contributed by atoms with Gasteiger partial charge in [-0.05, 0) is 76.6 Å². The molecule has 1 aliphatic rings. The summed E-state index contributed by atoms with van der Waals surface area (Å²) in [5.41, 5.74) is 2.96.